The summed E-state index contributed by atoms with van der Waals surface area (Å²) in [5, 5.41) is 17.6. The number of nitrogens with zero attached hydrogens (tertiary/aromatic N) is 5. The first kappa shape index (κ1) is 32.5. The summed E-state index contributed by atoms with van der Waals surface area (Å²) in [5.74, 6) is 0.886. The zero-order valence-corrected chi connectivity index (χ0v) is 26.7. The maximum absolute atomic E-state index is 13.3. The predicted molar refractivity (Wildman–Crippen MR) is 175 cm³/mol. The highest BCUT2D eigenvalue weighted by Gasteiger charge is 2.22. The number of carbonyl (C=O) groups is 1. The number of likely N-dealkylation sites (N-methyl/N-ethyl adjacent to an activating group) is 2. The van der Waals surface area contributed by atoms with Crippen molar-refractivity contribution >= 4 is 45.5 Å². The molecule has 0 saturated heterocycles. The minimum atomic E-state index is -0.138. The van der Waals surface area contributed by atoms with E-state index in [2.05, 4.69) is 31.6 Å². The van der Waals surface area contributed by atoms with Crippen LogP contribution in [0.5, 0.6) is 11.5 Å². The number of pyridine rings is 2. The standard InChI is InChI=1S/C33H38ClN7O3/c1-7-43-29-16-27-31(21(2)32(29)39-30(42)15-25(41(5)6)19-40(3)4)33(22(17-35)18-37-27)38-23-11-12-28(26(34)14-23)44-20-24-10-8-9-13-36-24/h8-14,16,18,25H,7,15,19-20H2,1-6H3,(H,37,38)(H,39,42). The molecule has 0 spiro atoms. The van der Waals surface area contributed by atoms with Gasteiger partial charge in [0.25, 0.3) is 0 Å². The molecule has 4 aromatic rings. The SMILES string of the molecule is CCOc1cc2ncc(C#N)c(Nc3ccc(OCc4ccccn4)c(Cl)c3)c2c(C)c1NC(=O)CC(CN(C)C)N(C)C. The Hall–Kier alpha value is -4.43. The van der Waals surface area contributed by atoms with Crippen LogP contribution in [0.1, 0.15) is 30.2 Å². The third kappa shape index (κ3) is 7.94. The number of hydrogen-bond acceptors (Lipinski definition) is 9. The van der Waals surface area contributed by atoms with Crippen LogP contribution < -0.4 is 20.1 Å². The van der Waals surface area contributed by atoms with E-state index in [0.29, 0.717) is 63.1 Å². The molecule has 0 bridgehead atoms. The fourth-order valence-corrected chi connectivity index (χ4v) is 5.11. The molecule has 44 heavy (non-hydrogen) atoms. The lowest BCUT2D eigenvalue weighted by Crippen LogP contribution is -2.40. The Morgan fingerprint density at radius 3 is 2.50 bits per heavy atom. The van der Waals surface area contributed by atoms with Gasteiger partial charge in [-0.1, -0.05) is 17.7 Å². The molecule has 10 nitrogen and oxygen atoms in total. The molecule has 0 aliphatic rings. The Kier molecular flexibility index (Phi) is 11.0. The van der Waals surface area contributed by atoms with Crippen molar-refractivity contribution in [3.8, 4) is 17.6 Å². The van der Waals surface area contributed by atoms with Gasteiger partial charge in [0, 0.05) is 48.5 Å². The van der Waals surface area contributed by atoms with Gasteiger partial charge >= 0.3 is 0 Å². The first-order valence-electron chi connectivity index (χ1n) is 14.3. The summed E-state index contributed by atoms with van der Waals surface area (Å²) in [6.07, 6.45) is 3.52. The number of ether oxygens (including phenoxy) is 2. The van der Waals surface area contributed by atoms with Crippen LogP contribution in [0.3, 0.4) is 0 Å². The Morgan fingerprint density at radius 2 is 1.86 bits per heavy atom. The second-order valence-corrected chi connectivity index (χ2v) is 11.3. The number of fused-ring (bicyclic) bond motifs is 1. The number of rotatable bonds is 13. The van der Waals surface area contributed by atoms with Crippen LogP contribution in [0.25, 0.3) is 10.9 Å². The van der Waals surface area contributed by atoms with E-state index in [-0.39, 0.29) is 18.6 Å². The summed E-state index contributed by atoms with van der Waals surface area (Å²) in [4.78, 5) is 26.3. The molecule has 0 aliphatic carbocycles. The third-order valence-electron chi connectivity index (χ3n) is 7.09. The second kappa shape index (κ2) is 14.8. The van der Waals surface area contributed by atoms with Crippen molar-refractivity contribution in [1.82, 2.24) is 19.8 Å². The van der Waals surface area contributed by atoms with Gasteiger partial charge in [0.15, 0.2) is 0 Å². The Morgan fingerprint density at radius 1 is 1.07 bits per heavy atom. The molecule has 0 aliphatic heterocycles. The van der Waals surface area contributed by atoms with E-state index in [1.807, 2.05) is 71.2 Å². The highest BCUT2D eigenvalue weighted by molar-refractivity contribution is 6.32. The van der Waals surface area contributed by atoms with Crippen LogP contribution in [-0.4, -0.2) is 73.1 Å². The lowest BCUT2D eigenvalue weighted by molar-refractivity contribution is -0.117. The highest BCUT2D eigenvalue weighted by atomic mass is 35.5. The lowest BCUT2D eigenvalue weighted by Gasteiger charge is -2.27. The Balaban J connectivity index is 1.69. The van der Waals surface area contributed by atoms with Crippen molar-refractivity contribution in [2.24, 2.45) is 0 Å². The van der Waals surface area contributed by atoms with Crippen LogP contribution in [0, 0.1) is 18.3 Å². The van der Waals surface area contributed by atoms with E-state index >= 15 is 0 Å². The molecule has 2 N–H and O–H groups in total. The molecule has 0 radical (unpaired) electrons. The fraction of sp³-hybridized carbons (Fsp3) is 0.333. The minimum absolute atomic E-state index is 0.0195. The van der Waals surface area contributed by atoms with Crippen LogP contribution in [-0.2, 0) is 11.4 Å². The topological polar surface area (TPSA) is 116 Å². The number of hydrogen-bond donors (Lipinski definition) is 2. The monoisotopic (exact) mass is 615 g/mol. The maximum atomic E-state index is 13.3. The van der Waals surface area contributed by atoms with Gasteiger partial charge < -0.3 is 29.9 Å². The Bertz CT molecular complexity index is 1660. The van der Waals surface area contributed by atoms with Gasteiger partial charge in [0.1, 0.15) is 24.2 Å². The van der Waals surface area contributed by atoms with E-state index in [1.54, 1.807) is 24.4 Å². The van der Waals surface area contributed by atoms with E-state index in [4.69, 9.17) is 21.1 Å². The number of halogens is 1. The van der Waals surface area contributed by atoms with E-state index in [0.717, 1.165) is 17.8 Å². The van der Waals surface area contributed by atoms with Gasteiger partial charge in [-0.25, -0.2) is 0 Å². The summed E-state index contributed by atoms with van der Waals surface area (Å²) in [7, 11) is 7.90. The van der Waals surface area contributed by atoms with Crippen LogP contribution in [0.4, 0.5) is 17.1 Å². The van der Waals surface area contributed by atoms with Crippen LogP contribution >= 0.6 is 11.6 Å². The summed E-state index contributed by atoms with van der Waals surface area (Å²) >= 11 is 6.58. The molecule has 0 fully saturated rings. The number of aryl methyl sites for hydroxylation is 1. The molecule has 11 heteroatoms. The van der Waals surface area contributed by atoms with Crippen LogP contribution in [0.2, 0.25) is 5.02 Å². The molecule has 230 valence electrons. The molecular formula is C33H38ClN7O3. The van der Waals surface area contributed by atoms with E-state index in [9.17, 15) is 10.1 Å². The largest absolute Gasteiger partial charge is 0.492 e. The number of benzene rings is 2. The zero-order valence-electron chi connectivity index (χ0n) is 25.9. The van der Waals surface area contributed by atoms with Gasteiger partial charge in [-0.15, -0.1) is 0 Å². The number of aromatic nitrogens is 2. The summed E-state index contributed by atoms with van der Waals surface area (Å²) in [5.41, 5.74) is 4.21. The normalized spacial score (nSPS) is 11.8. The van der Waals surface area contributed by atoms with Gasteiger partial charge in [-0.3, -0.25) is 14.8 Å². The minimum Gasteiger partial charge on any atom is -0.492 e. The van der Waals surface area contributed by atoms with Gasteiger partial charge in [-0.2, -0.15) is 5.26 Å². The Labute approximate surface area is 263 Å². The summed E-state index contributed by atoms with van der Waals surface area (Å²) in [6, 6.07) is 15.0. The molecule has 0 saturated carbocycles. The van der Waals surface area contributed by atoms with Crippen molar-refractivity contribution in [3.05, 3.63) is 76.7 Å². The van der Waals surface area contributed by atoms with Gasteiger partial charge in [0.2, 0.25) is 5.91 Å². The highest BCUT2D eigenvalue weighted by Crippen LogP contribution is 2.41. The molecule has 2 aromatic carbocycles. The summed E-state index contributed by atoms with van der Waals surface area (Å²) < 4.78 is 11.8. The molecule has 2 heterocycles. The molecular weight excluding hydrogens is 578 g/mol. The van der Waals surface area contributed by atoms with Crippen LogP contribution in [0.15, 0.2) is 54.9 Å². The zero-order chi connectivity index (χ0) is 31.8. The quantitative estimate of drug-likeness (QED) is 0.187. The number of amides is 1. The van der Waals surface area contributed by atoms with Gasteiger partial charge in [-0.05, 0) is 77.9 Å². The molecule has 1 unspecified atom stereocenters. The molecule has 2 aromatic heterocycles. The first-order chi connectivity index (χ1) is 21.1. The number of nitrogens with one attached hydrogen (secondary N) is 2. The maximum Gasteiger partial charge on any atom is 0.226 e. The number of carbonyl (C=O) groups excluding carboxylic acids is 1. The molecule has 4 rings (SSSR count). The first-order valence-corrected chi connectivity index (χ1v) is 14.7. The third-order valence-corrected chi connectivity index (χ3v) is 7.38. The summed E-state index contributed by atoms with van der Waals surface area (Å²) in [6.45, 7) is 5.19. The van der Waals surface area contributed by atoms with Crippen molar-refractivity contribution < 1.29 is 14.3 Å². The van der Waals surface area contributed by atoms with E-state index in [1.165, 1.54) is 6.20 Å². The smallest absolute Gasteiger partial charge is 0.226 e. The number of anilines is 3. The van der Waals surface area contributed by atoms with Crippen molar-refractivity contribution in [2.75, 3.05) is 52.0 Å². The van der Waals surface area contributed by atoms with Crippen molar-refractivity contribution in [3.63, 3.8) is 0 Å². The van der Waals surface area contributed by atoms with E-state index < -0.39 is 0 Å². The molecule has 1 atom stereocenters. The van der Waals surface area contributed by atoms with Crippen molar-refractivity contribution in [2.45, 2.75) is 32.9 Å². The number of nitriles is 1. The van der Waals surface area contributed by atoms with Gasteiger partial charge in [0.05, 0.1) is 39.8 Å². The fourth-order valence-electron chi connectivity index (χ4n) is 4.87. The lowest BCUT2D eigenvalue weighted by atomic mass is 10.0. The molecule has 1 amide bonds. The average Bonchev–Trinajstić information content (AvgIpc) is 2.98. The van der Waals surface area contributed by atoms with Crippen molar-refractivity contribution in [1.29, 1.82) is 5.26 Å². The second-order valence-electron chi connectivity index (χ2n) is 10.9. The average molecular weight is 616 g/mol. The predicted octanol–water partition coefficient (Wildman–Crippen LogP) is 6.01.